The molecule has 16 heavy (non-hydrogen) atoms. The molecule has 0 aliphatic rings. The molecular weight excluding hydrogens is 198 g/mol. The zero-order valence-electron chi connectivity index (χ0n) is 9.40. The second kappa shape index (κ2) is 4.24. The van der Waals surface area contributed by atoms with Gasteiger partial charge in [-0.3, -0.25) is 0 Å². The van der Waals surface area contributed by atoms with Crippen LogP contribution in [0.2, 0.25) is 0 Å². The molecule has 0 saturated heterocycles. The number of furan rings is 1. The van der Waals surface area contributed by atoms with Crippen LogP contribution in [0.1, 0.15) is 31.1 Å². The quantitative estimate of drug-likeness (QED) is 0.754. The van der Waals surface area contributed by atoms with Gasteiger partial charge in [0.2, 0.25) is 0 Å². The highest BCUT2D eigenvalue weighted by atomic mass is 16.3. The maximum Gasteiger partial charge on any atom is 0.124 e. The van der Waals surface area contributed by atoms with Gasteiger partial charge < -0.3 is 4.42 Å². The Balaban J connectivity index is 2.56. The van der Waals surface area contributed by atoms with Crippen LogP contribution in [0.15, 0.2) is 41.0 Å². The van der Waals surface area contributed by atoms with Crippen LogP contribution in [0.25, 0.3) is 11.1 Å². The Hall–Kier alpha value is -2.01. The zero-order chi connectivity index (χ0) is 11.5. The predicted molar refractivity (Wildman–Crippen MR) is 62.9 cm³/mol. The second-order valence-corrected chi connectivity index (χ2v) is 4.02. The minimum absolute atomic E-state index is 0.229. The Morgan fingerprint density at radius 3 is 2.44 bits per heavy atom. The van der Waals surface area contributed by atoms with Gasteiger partial charge in [-0.2, -0.15) is 5.26 Å². The van der Waals surface area contributed by atoms with Crippen molar-refractivity contribution in [3.63, 3.8) is 0 Å². The van der Waals surface area contributed by atoms with E-state index in [4.69, 9.17) is 4.42 Å². The first-order valence-corrected chi connectivity index (χ1v) is 5.31. The summed E-state index contributed by atoms with van der Waals surface area (Å²) >= 11 is 0. The summed E-state index contributed by atoms with van der Waals surface area (Å²) in [4.78, 5) is 0. The van der Waals surface area contributed by atoms with Crippen LogP contribution in [-0.2, 0) is 0 Å². The van der Waals surface area contributed by atoms with Gasteiger partial charge in [-0.1, -0.05) is 44.2 Å². The summed E-state index contributed by atoms with van der Waals surface area (Å²) in [5, 5.41) is 9.19. The molecule has 2 nitrogen and oxygen atoms in total. The highest BCUT2D eigenvalue weighted by Gasteiger charge is 2.16. The normalized spacial score (nSPS) is 10.4. The Labute approximate surface area is 95.1 Å². The van der Waals surface area contributed by atoms with Crippen molar-refractivity contribution in [3.05, 3.63) is 47.9 Å². The number of nitriles is 1. The third kappa shape index (κ3) is 1.72. The second-order valence-electron chi connectivity index (χ2n) is 4.02. The first-order chi connectivity index (χ1) is 7.74. The first kappa shape index (κ1) is 10.5. The van der Waals surface area contributed by atoms with Crippen LogP contribution >= 0.6 is 0 Å². The maximum atomic E-state index is 9.19. The van der Waals surface area contributed by atoms with E-state index in [1.165, 1.54) is 0 Å². The molecule has 0 spiro atoms. The number of nitrogens with zero attached hydrogens (tertiary/aromatic N) is 1. The molecule has 2 rings (SSSR count). The van der Waals surface area contributed by atoms with Crippen molar-refractivity contribution in [2.45, 2.75) is 19.8 Å². The standard InChI is InChI=1S/C14H13NO/c1-10(2)14-12(8-15)13(9-16-14)11-6-4-3-5-7-11/h3-7,9-10H,1-2H3. The molecule has 1 aromatic carbocycles. The molecule has 0 aliphatic heterocycles. The van der Waals surface area contributed by atoms with E-state index in [0.29, 0.717) is 5.56 Å². The van der Waals surface area contributed by atoms with Crippen molar-refractivity contribution in [1.29, 1.82) is 5.26 Å². The van der Waals surface area contributed by atoms with Gasteiger partial charge in [0.15, 0.2) is 0 Å². The van der Waals surface area contributed by atoms with E-state index in [1.54, 1.807) is 6.26 Å². The van der Waals surface area contributed by atoms with E-state index in [-0.39, 0.29) is 5.92 Å². The molecule has 0 N–H and O–H groups in total. The van der Waals surface area contributed by atoms with Gasteiger partial charge >= 0.3 is 0 Å². The Morgan fingerprint density at radius 2 is 1.88 bits per heavy atom. The molecule has 0 bridgehead atoms. The van der Waals surface area contributed by atoms with Crippen LogP contribution in [0.3, 0.4) is 0 Å². The van der Waals surface area contributed by atoms with E-state index in [1.807, 2.05) is 44.2 Å². The lowest BCUT2D eigenvalue weighted by molar-refractivity contribution is 0.486. The summed E-state index contributed by atoms with van der Waals surface area (Å²) in [6.45, 7) is 4.04. The first-order valence-electron chi connectivity index (χ1n) is 5.31. The topological polar surface area (TPSA) is 36.9 Å². The average molecular weight is 211 g/mol. The Morgan fingerprint density at radius 1 is 1.19 bits per heavy atom. The van der Waals surface area contributed by atoms with Gasteiger partial charge in [-0.05, 0) is 5.56 Å². The van der Waals surface area contributed by atoms with Crippen LogP contribution in [0.4, 0.5) is 0 Å². The van der Waals surface area contributed by atoms with E-state index >= 15 is 0 Å². The molecule has 0 saturated carbocycles. The molecule has 0 radical (unpaired) electrons. The third-order valence-electron chi connectivity index (χ3n) is 2.54. The van der Waals surface area contributed by atoms with E-state index in [2.05, 4.69) is 6.07 Å². The fourth-order valence-corrected chi connectivity index (χ4v) is 1.74. The van der Waals surface area contributed by atoms with E-state index in [0.717, 1.165) is 16.9 Å². The average Bonchev–Trinajstić information content (AvgIpc) is 2.73. The van der Waals surface area contributed by atoms with Crippen LogP contribution < -0.4 is 0 Å². The number of rotatable bonds is 2. The monoisotopic (exact) mass is 211 g/mol. The summed E-state index contributed by atoms with van der Waals surface area (Å²) in [6, 6.07) is 12.1. The SMILES string of the molecule is CC(C)c1occ(-c2ccccc2)c1C#N. The van der Waals surface area contributed by atoms with Crippen LogP contribution in [0, 0.1) is 11.3 Å². The summed E-state index contributed by atoms with van der Waals surface area (Å²) in [5.74, 6) is 0.994. The summed E-state index contributed by atoms with van der Waals surface area (Å²) < 4.78 is 5.48. The predicted octanol–water partition coefficient (Wildman–Crippen LogP) is 3.94. The van der Waals surface area contributed by atoms with Crippen molar-refractivity contribution >= 4 is 0 Å². The summed E-state index contributed by atoms with van der Waals surface area (Å²) in [6.07, 6.45) is 1.67. The molecule has 80 valence electrons. The van der Waals surface area contributed by atoms with Gasteiger partial charge in [0.1, 0.15) is 17.4 Å². The number of benzene rings is 1. The van der Waals surface area contributed by atoms with Gasteiger partial charge in [0.05, 0.1) is 6.26 Å². The lowest BCUT2D eigenvalue weighted by atomic mass is 10.00. The molecule has 0 unspecified atom stereocenters. The van der Waals surface area contributed by atoms with Gasteiger partial charge in [0.25, 0.3) is 0 Å². The molecule has 0 aliphatic carbocycles. The van der Waals surface area contributed by atoms with Crippen LogP contribution in [-0.4, -0.2) is 0 Å². The van der Waals surface area contributed by atoms with Crippen molar-refractivity contribution < 1.29 is 4.42 Å². The molecule has 2 heteroatoms. The van der Waals surface area contributed by atoms with E-state index < -0.39 is 0 Å². The summed E-state index contributed by atoms with van der Waals surface area (Å²) in [5.41, 5.74) is 2.56. The Kier molecular flexibility index (Phi) is 2.78. The Bertz CT molecular complexity index is 517. The molecule has 2 aromatic rings. The van der Waals surface area contributed by atoms with Crippen LogP contribution in [0.5, 0.6) is 0 Å². The minimum atomic E-state index is 0.229. The fourth-order valence-electron chi connectivity index (χ4n) is 1.74. The van der Waals surface area contributed by atoms with Crippen molar-refractivity contribution in [1.82, 2.24) is 0 Å². The van der Waals surface area contributed by atoms with Gasteiger partial charge in [-0.25, -0.2) is 0 Å². The van der Waals surface area contributed by atoms with Crippen molar-refractivity contribution in [2.24, 2.45) is 0 Å². The molecule has 0 fully saturated rings. The number of hydrogen-bond donors (Lipinski definition) is 0. The molecule has 0 atom stereocenters. The highest BCUT2D eigenvalue weighted by molar-refractivity contribution is 5.70. The molecular formula is C14H13NO. The van der Waals surface area contributed by atoms with Crippen molar-refractivity contribution in [2.75, 3.05) is 0 Å². The highest BCUT2D eigenvalue weighted by Crippen LogP contribution is 2.31. The largest absolute Gasteiger partial charge is 0.467 e. The molecule has 0 amide bonds. The smallest absolute Gasteiger partial charge is 0.124 e. The van der Waals surface area contributed by atoms with E-state index in [9.17, 15) is 5.26 Å². The lowest BCUT2D eigenvalue weighted by Crippen LogP contribution is -1.88. The molecule has 1 aromatic heterocycles. The lowest BCUT2D eigenvalue weighted by Gasteiger charge is -2.00. The summed E-state index contributed by atoms with van der Waals surface area (Å²) in [7, 11) is 0. The molecule has 1 heterocycles. The van der Waals surface area contributed by atoms with Crippen molar-refractivity contribution in [3.8, 4) is 17.2 Å². The zero-order valence-corrected chi connectivity index (χ0v) is 9.40. The third-order valence-corrected chi connectivity index (χ3v) is 2.54. The van der Waals surface area contributed by atoms with Gasteiger partial charge in [0, 0.05) is 11.5 Å². The van der Waals surface area contributed by atoms with Gasteiger partial charge in [-0.15, -0.1) is 0 Å². The minimum Gasteiger partial charge on any atom is -0.467 e. The maximum absolute atomic E-state index is 9.19. The fraction of sp³-hybridized carbons (Fsp3) is 0.214. The number of hydrogen-bond acceptors (Lipinski definition) is 2.